The van der Waals surface area contributed by atoms with Crippen molar-refractivity contribution in [3.05, 3.63) is 5.28 Å². The molecule has 2 heterocycles. The number of nitrogens with zero attached hydrogens (tertiary/aromatic N) is 4. The van der Waals surface area contributed by atoms with Gasteiger partial charge in [-0.15, -0.1) is 0 Å². The van der Waals surface area contributed by atoms with Crippen LogP contribution < -0.4 is 15.0 Å². The number of halogens is 1. The Balaban J connectivity index is 2.24. The van der Waals surface area contributed by atoms with Crippen LogP contribution in [-0.2, 0) is 0 Å². The molecule has 1 unspecified atom stereocenters. The Bertz CT molecular complexity index is 401. The van der Waals surface area contributed by atoms with Gasteiger partial charge in [0, 0.05) is 19.1 Å². The van der Waals surface area contributed by atoms with Crippen molar-refractivity contribution in [1.82, 2.24) is 20.3 Å². The number of hydrogen-bond donors (Lipinski definition) is 1. The summed E-state index contributed by atoms with van der Waals surface area (Å²) in [7, 11) is 3.48. The lowest BCUT2D eigenvalue weighted by Gasteiger charge is -2.35. The Morgan fingerprint density at radius 2 is 2.22 bits per heavy atom. The van der Waals surface area contributed by atoms with Crippen molar-refractivity contribution in [3.8, 4) is 6.01 Å². The first-order valence-corrected chi connectivity index (χ1v) is 6.49. The minimum atomic E-state index is 0.172. The molecule has 18 heavy (non-hydrogen) atoms. The summed E-state index contributed by atoms with van der Waals surface area (Å²) in [5, 5.41) is 3.38. The predicted octanol–water partition coefficient (Wildman–Crippen LogP) is 1.11. The fourth-order valence-corrected chi connectivity index (χ4v) is 2.40. The molecule has 0 aromatic carbocycles. The zero-order valence-electron chi connectivity index (χ0n) is 10.7. The number of hydrogen-bond acceptors (Lipinski definition) is 6. The van der Waals surface area contributed by atoms with Gasteiger partial charge >= 0.3 is 6.01 Å². The summed E-state index contributed by atoms with van der Waals surface area (Å²) in [4.78, 5) is 14.6. The van der Waals surface area contributed by atoms with Crippen molar-refractivity contribution in [1.29, 1.82) is 0 Å². The van der Waals surface area contributed by atoms with Crippen molar-refractivity contribution in [2.75, 3.05) is 32.1 Å². The summed E-state index contributed by atoms with van der Waals surface area (Å²) >= 11 is 5.89. The highest BCUT2D eigenvalue weighted by Crippen LogP contribution is 2.23. The van der Waals surface area contributed by atoms with E-state index in [1.54, 1.807) is 0 Å². The largest absolute Gasteiger partial charge is 0.467 e. The number of methoxy groups -OCH3 is 1. The van der Waals surface area contributed by atoms with E-state index in [1.807, 2.05) is 7.05 Å². The molecule has 1 atom stereocenters. The number of ether oxygens (including phenoxy) is 1. The smallest absolute Gasteiger partial charge is 0.322 e. The highest BCUT2D eigenvalue weighted by Gasteiger charge is 2.25. The first kappa shape index (κ1) is 13.3. The maximum Gasteiger partial charge on any atom is 0.322 e. The molecule has 0 radical (unpaired) electrons. The molecule has 0 bridgehead atoms. The van der Waals surface area contributed by atoms with E-state index in [-0.39, 0.29) is 11.3 Å². The molecule has 100 valence electrons. The highest BCUT2D eigenvalue weighted by molar-refractivity contribution is 6.28. The van der Waals surface area contributed by atoms with Crippen LogP contribution in [0.5, 0.6) is 6.01 Å². The van der Waals surface area contributed by atoms with Gasteiger partial charge in [-0.25, -0.2) is 0 Å². The molecular formula is C11H18ClN5O. The number of aromatic nitrogens is 3. The first-order valence-electron chi connectivity index (χ1n) is 6.11. The Labute approximate surface area is 112 Å². The molecule has 0 amide bonds. The summed E-state index contributed by atoms with van der Waals surface area (Å²) < 4.78 is 5.03. The van der Waals surface area contributed by atoms with Gasteiger partial charge in [-0.05, 0) is 37.9 Å². The van der Waals surface area contributed by atoms with Gasteiger partial charge in [-0.3, -0.25) is 0 Å². The molecule has 2 rings (SSSR count). The second-order valence-corrected chi connectivity index (χ2v) is 4.63. The van der Waals surface area contributed by atoms with Crippen molar-refractivity contribution >= 4 is 17.5 Å². The molecule has 0 spiro atoms. The molecule has 1 aliphatic rings. The van der Waals surface area contributed by atoms with Crippen LogP contribution in [0.1, 0.15) is 19.3 Å². The fourth-order valence-electron chi connectivity index (χ4n) is 2.25. The third-order valence-electron chi connectivity index (χ3n) is 3.08. The Morgan fingerprint density at radius 3 is 2.94 bits per heavy atom. The van der Waals surface area contributed by atoms with E-state index >= 15 is 0 Å². The molecule has 1 aliphatic heterocycles. The van der Waals surface area contributed by atoms with Gasteiger partial charge in [0.2, 0.25) is 11.2 Å². The van der Waals surface area contributed by atoms with Crippen LogP contribution in [0.2, 0.25) is 5.28 Å². The van der Waals surface area contributed by atoms with Crippen LogP contribution in [-0.4, -0.2) is 48.2 Å². The molecule has 1 aromatic rings. The normalized spacial score (nSPS) is 19.9. The molecule has 6 nitrogen and oxygen atoms in total. The van der Waals surface area contributed by atoms with Gasteiger partial charge < -0.3 is 15.0 Å². The topological polar surface area (TPSA) is 63.2 Å². The second kappa shape index (κ2) is 6.15. The number of nitrogens with one attached hydrogen (secondary N) is 1. The second-order valence-electron chi connectivity index (χ2n) is 4.29. The molecular weight excluding hydrogens is 254 g/mol. The summed E-state index contributed by atoms with van der Waals surface area (Å²) in [6.07, 6.45) is 3.51. The van der Waals surface area contributed by atoms with Crippen LogP contribution in [0.4, 0.5) is 5.95 Å². The van der Waals surface area contributed by atoms with E-state index in [0.29, 0.717) is 12.0 Å². The standard InChI is InChI=1S/C11H18ClN5O/c1-13-7-8-5-3-4-6-17(8)10-14-9(12)15-11(16-10)18-2/h8,13H,3-7H2,1-2H3. The van der Waals surface area contributed by atoms with E-state index in [1.165, 1.54) is 13.5 Å². The maximum atomic E-state index is 5.89. The van der Waals surface area contributed by atoms with Gasteiger partial charge in [0.05, 0.1) is 7.11 Å². The van der Waals surface area contributed by atoms with Crippen molar-refractivity contribution in [2.45, 2.75) is 25.3 Å². The van der Waals surface area contributed by atoms with Crippen LogP contribution in [0, 0.1) is 0 Å². The number of anilines is 1. The monoisotopic (exact) mass is 271 g/mol. The molecule has 7 heteroatoms. The third kappa shape index (κ3) is 3.00. The molecule has 1 saturated heterocycles. The number of likely N-dealkylation sites (N-methyl/N-ethyl adjacent to an activating group) is 1. The molecule has 0 aliphatic carbocycles. The SMILES string of the molecule is CNCC1CCCCN1c1nc(Cl)nc(OC)n1. The van der Waals surface area contributed by atoms with Crippen molar-refractivity contribution in [3.63, 3.8) is 0 Å². The van der Waals surface area contributed by atoms with Crippen molar-refractivity contribution in [2.24, 2.45) is 0 Å². The molecule has 0 saturated carbocycles. The van der Waals surface area contributed by atoms with Crippen molar-refractivity contribution < 1.29 is 4.74 Å². The average Bonchev–Trinajstić information content (AvgIpc) is 2.39. The maximum absolute atomic E-state index is 5.89. The number of rotatable bonds is 4. The molecule has 1 aromatic heterocycles. The molecule has 1 fully saturated rings. The minimum Gasteiger partial charge on any atom is -0.467 e. The van der Waals surface area contributed by atoms with Crippen LogP contribution >= 0.6 is 11.6 Å². The lowest BCUT2D eigenvalue weighted by Crippen LogP contribution is -2.45. The highest BCUT2D eigenvalue weighted by atomic mass is 35.5. The summed E-state index contributed by atoms with van der Waals surface area (Å²) in [5.41, 5.74) is 0. The van der Waals surface area contributed by atoms with Gasteiger partial charge in [0.15, 0.2) is 0 Å². The Morgan fingerprint density at radius 1 is 1.39 bits per heavy atom. The lowest BCUT2D eigenvalue weighted by atomic mass is 10.0. The van der Waals surface area contributed by atoms with Crippen LogP contribution in [0.15, 0.2) is 0 Å². The Kier molecular flexibility index (Phi) is 4.54. The zero-order valence-corrected chi connectivity index (χ0v) is 11.4. The zero-order chi connectivity index (χ0) is 13.0. The Hall–Kier alpha value is -1.14. The molecule has 1 N–H and O–H groups in total. The minimum absolute atomic E-state index is 0.172. The van der Waals surface area contributed by atoms with E-state index in [4.69, 9.17) is 16.3 Å². The van der Waals surface area contributed by atoms with E-state index < -0.39 is 0 Å². The average molecular weight is 272 g/mol. The van der Waals surface area contributed by atoms with Gasteiger partial charge in [0.1, 0.15) is 0 Å². The van der Waals surface area contributed by atoms with Gasteiger partial charge in [0.25, 0.3) is 0 Å². The van der Waals surface area contributed by atoms with Crippen LogP contribution in [0.3, 0.4) is 0 Å². The van der Waals surface area contributed by atoms with E-state index in [9.17, 15) is 0 Å². The lowest BCUT2D eigenvalue weighted by molar-refractivity contribution is 0.374. The van der Waals surface area contributed by atoms with Gasteiger partial charge in [-0.1, -0.05) is 0 Å². The summed E-state index contributed by atoms with van der Waals surface area (Å²) in [6.45, 7) is 1.85. The van der Waals surface area contributed by atoms with E-state index in [0.717, 1.165) is 25.9 Å². The number of piperidine rings is 1. The van der Waals surface area contributed by atoms with E-state index in [2.05, 4.69) is 25.2 Å². The summed E-state index contributed by atoms with van der Waals surface area (Å²) in [5.74, 6) is 0.604. The third-order valence-corrected chi connectivity index (χ3v) is 3.25. The van der Waals surface area contributed by atoms with Gasteiger partial charge in [-0.2, -0.15) is 15.0 Å². The fraction of sp³-hybridized carbons (Fsp3) is 0.727. The predicted molar refractivity (Wildman–Crippen MR) is 70.3 cm³/mol. The first-order chi connectivity index (χ1) is 8.74. The summed E-state index contributed by atoms with van der Waals surface area (Å²) in [6, 6.07) is 0.658. The van der Waals surface area contributed by atoms with Crippen LogP contribution in [0.25, 0.3) is 0 Å². The quantitative estimate of drug-likeness (QED) is 0.885.